The fraction of sp³-hybridized carbons (Fsp3) is 0.350. The van der Waals surface area contributed by atoms with Crippen LogP contribution in [0.3, 0.4) is 0 Å². The summed E-state index contributed by atoms with van der Waals surface area (Å²) in [5.74, 6) is -0.480. The summed E-state index contributed by atoms with van der Waals surface area (Å²) in [6.45, 7) is 1.88. The number of thioether (sulfide) groups is 2. The first kappa shape index (κ1) is 22.8. The Kier molecular flexibility index (Phi) is 6.84. The lowest BCUT2D eigenvalue weighted by molar-refractivity contribution is -0.150. The molecule has 3 heterocycles. The van der Waals surface area contributed by atoms with E-state index in [4.69, 9.17) is 5.73 Å². The number of nitrogens with zero attached hydrogens (tertiary/aromatic N) is 3. The summed E-state index contributed by atoms with van der Waals surface area (Å²) in [5, 5.41) is 21.8. The first-order valence-electron chi connectivity index (χ1n) is 9.74. The lowest BCUT2D eigenvalue weighted by Gasteiger charge is -2.49. The highest BCUT2D eigenvalue weighted by atomic mass is 32.2. The number of aliphatic carboxylic acids is 1. The van der Waals surface area contributed by atoms with Gasteiger partial charge in [0.05, 0.1) is 0 Å². The zero-order chi connectivity index (χ0) is 22.8. The van der Waals surface area contributed by atoms with Crippen LogP contribution >= 0.6 is 34.9 Å². The number of rotatable bonds is 8. The van der Waals surface area contributed by atoms with E-state index >= 15 is 0 Å². The molecule has 12 heteroatoms. The van der Waals surface area contributed by atoms with Crippen LogP contribution in [0.1, 0.15) is 21.6 Å². The molecule has 0 aliphatic carbocycles. The van der Waals surface area contributed by atoms with Crippen molar-refractivity contribution in [3.63, 3.8) is 0 Å². The number of nitrogens with one attached hydrogen (secondary N) is 1. The van der Waals surface area contributed by atoms with Crippen molar-refractivity contribution in [2.24, 2.45) is 5.73 Å². The number of hydrogen-bond donors (Lipinski definition) is 3. The molecule has 1 fully saturated rings. The monoisotopic (exact) mass is 491 g/mol. The van der Waals surface area contributed by atoms with Crippen LogP contribution in [0.2, 0.25) is 0 Å². The van der Waals surface area contributed by atoms with Crippen molar-refractivity contribution in [1.82, 2.24) is 20.4 Å². The number of hydrogen-bond acceptors (Lipinski definition) is 9. The second-order valence-electron chi connectivity index (χ2n) is 7.25. The number of amides is 2. The van der Waals surface area contributed by atoms with Crippen LogP contribution in [0.4, 0.5) is 0 Å². The van der Waals surface area contributed by atoms with Gasteiger partial charge in [-0.3, -0.25) is 14.5 Å². The SMILES string of the molecule is Cc1nnc(CSCC2=C(C(=O)O)N3C(=O)[C@@H](NC(=O)[C@H](N)c4ccccc4)[C@H]3SC2)s1. The van der Waals surface area contributed by atoms with Crippen LogP contribution in [-0.2, 0) is 20.1 Å². The Morgan fingerprint density at radius 1 is 1.31 bits per heavy atom. The molecule has 2 aromatic rings. The summed E-state index contributed by atoms with van der Waals surface area (Å²) in [6.07, 6.45) is 0. The Hall–Kier alpha value is -2.41. The Labute approximate surface area is 196 Å². The minimum Gasteiger partial charge on any atom is -0.477 e. The molecule has 9 nitrogen and oxygen atoms in total. The topological polar surface area (TPSA) is 139 Å². The van der Waals surface area contributed by atoms with Crippen LogP contribution in [0.25, 0.3) is 0 Å². The van der Waals surface area contributed by atoms with E-state index in [-0.39, 0.29) is 5.70 Å². The number of carboxylic acid groups (broad SMARTS) is 1. The molecule has 0 bridgehead atoms. The van der Waals surface area contributed by atoms with Gasteiger partial charge in [-0.15, -0.1) is 33.3 Å². The predicted octanol–water partition coefficient (Wildman–Crippen LogP) is 1.52. The van der Waals surface area contributed by atoms with Crippen molar-refractivity contribution in [1.29, 1.82) is 0 Å². The summed E-state index contributed by atoms with van der Waals surface area (Å²) in [4.78, 5) is 38.6. The Bertz CT molecular complexity index is 1070. The molecule has 2 aliphatic rings. The van der Waals surface area contributed by atoms with Crippen LogP contribution in [0.5, 0.6) is 0 Å². The van der Waals surface area contributed by atoms with E-state index in [1.807, 2.05) is 13.0 Å². The summed E-state index contributed by atoms with van der Waals surface area (Å²) >= 11 is 4.49. The van der Waals surface area contributed by atoms with Gasteiger partial charge < -0.3 is 16.2 Å². The fourth-order valence-electron chi connectivity index (χ4n) is 3.51. The highest BCUT2D eigenvalue weighted by Crippen LogP contribution is 2.41. The van der Waals surface area contributed by atoms with Gasteiger partial charge in [0.15, 0.2) is 0 Å². The maximum atomic E-state index is 12.8. The summed E-state index contributed by atoms with van der Waals surface area (Å²) in [6, 6.07) is 7.17. The van der Waals surface area contributed by atoms with Gasteiger partial charge >= 0.3 is 5.97 Å². The van der Waals surface area contributed by atoms with Crippen LogP contribution < -0.4 is 11.1 Å². The van der Waals surface area contributed by atoms with Gasteiger partial charge in [-0.1, -0.05) is 30.3 Å². The highest BCUT2D eigenvalue weighted by molar-refractivity contribution is 8.00. The third kappa shape index (κ3) is 4.53. The molecular weight excluding hydrogens is 470 g/mol. The summed E-state index contributed by atoms with van der Waals surface area (Å²) in [7, 11) is 0. The second-order valence-corrected chi connectivity index (χ2v) is 10.6. The van der Waals surface area contributed by atoms with Crippen molar-refractivity contribution in [3.8, 4) is 0 Å². The van der Waals surface area contributed by atoms with E-state index in [0.717, 1.165) is 10.0 Å². The molecule has 0 spiro atoms. The number of nitrogens with two attached hydrogens (primary N) is 1. The molecule has 1 saturated heterocycles. The number of β-lactam (4-membered cyclic amide) rings is 1. The summed E-state index contributed by atoms with van der Waals surface area (Å²) in [5.41, 5.74) is 7.36. The third-order valence-corrected chi connectivity index (χ3v) is 8.45. The number of fused-ring (bicyclic) bond motifs is 1. The molecule has 1 aromatic heterocycles. The number of aryl methyl sites for hydroxylation is 1. The molecule has 1 aromatic carbocycles. The van der Waals surface area contributed by atoms with E-state index in [1.54, 1.807) is 24.3 Å². The third-order valence-electron chi connectivity index (χ3n) is 5.06. The zero-order valence-corrected chi connectivity index (χ0v) is 19.5. The molecule has 2 amide bonds. The molecule has 0 saturated carbocycles. The van der Waals surface area contributed by atoms with E-state index in [9.17, 15) is 19.5 Å². The molecule has 0 unspecified atom stereocenters. The van der Waals surface area contributed by atoms with Crippen molar-refractivity contribution in [2.75, 3.05) is 11.5 Å². The van der Waals surface area contributed by atoms with Crippen molar-refractivity contribution < 1.29 is 19.5 Å². The van der Waals surface area contributed by atoms with Crippen molar-refractivity contribution in [3.05, 3.63) is 57.2 Å². The minimum absolute atomic E-state index is 0.0116. The largest absolute Gasteiger partial charge is 0.477 e. The number of carbonyl (C=O) groups excluding carboxylic acids is 2. The predicted molar refractivity (Wildman–Crippen MR) is 124 cm³/mol. The van der Waals surface area contributed by atoms with Gasteiger partial charge in [-0.05, 0) is 18.1 Å². The fourth-order valence-corrected chi connectivity index (χ4v) is 6.79. The van der Waals surface area contributed by atoms with Gasteiger partial charge in [-0.25, -0.2) is 4.79 Å². The zero-order valence-electron chi connectivity index (χ0n) is 17.1. The highest BCUT2D eigenvalue weighted by Gasteiger charge is 2.54. The Morgan fingerprint density at radius 3 is 2.72 bits per heavy atom. The second kappa shape index (κ2) is 9.61. The first-order chi connectivity index (χ1) is 15.4. The number of carbonyl (C=O) groups is 3. The lowest BCUT2D eigenvalue weighted by atomic mass is 10.0. The molecule has 4 N–H and O–H groups in total. The lowest BCUT2D eigenvalue weighted by Crippen LogP contribution is -2.71. The molecule has 4 rings (SSSR count). The van der Waals surface area contributed by atoms with Gasteiger partial charge in [0, 0.05) is 17.3 Å². The maximum Gasteiger partial charge on any atom is 0.352 e. The van der Waals surface area contributed by atoms with E-state index in [1.165, 1.54) is 39.8 Å². The quantitative estimate of drug-likeness (QED) is 0.469. The van der Waals surface area contributed by atoms with Crippen molar-refractivity contribution >= 4 is 52.6 Å². The van der Waals surface area contributed by atoms with Gasteiger partial charge in [0.2, 0.25) is 5.91 Å². The van der Waals surface area contributed by atoms with Crippen LogP contribution in [-0.4, -0.2) is 60.9 Å². The average Bonchev–Trinajstić information content (AvgIpc) is 3.21. The van der Waals surface area contributed by atoms with Gasteiger partial charge in [-0.2, -0.15) is 11.8 Å². The van der Waals surface area contributed by atoms with E-state index in [2.05, 4.69) is 15.5 Å². The van der Waals surface area contributed by atoms with Gasteiger partial charge in [0.25, 0.3) is 5.91 Å². The first-order valence-corrected chi connectivity index (χ1v) is 12.8. The minimum atomic E-state index is -1.14. The maximum absolute atomic E-state index is 12.8. The number of carboxylic acids is 1. The molecule has 168 valence electrons. The summed E-state index contributed by atoms with van der Waals surface area (Å²) < 4.78 is 0. The molecule has 32 heavy (non-hydrogen) atoms. The number of aromatic nitrogens is 2. The molecule has 2 aliphatic heterocycles. The normalized spacial score (nSPS) is 21.1. The molecule has 0 radical (unpaired) electrons. The smallest absolute Gasteiger partial charge is 0.352 e. The standard InChI is InChI=1S/C20H21N5O4S3/c1-10-23-24-13(32-10)9-30-7-12-8-31-19-15(18(27)25(19)16(12)20(28)29)22-17(26)14(21)11-5-3-2-4-6-11/h2-6,14-15,19H,7-9,21H2,1H3,(H,22,26)(H,28,29)/t14-,15-,19-/m1/s1. The Balaban J connectivity index is 1.41. The van der Waals surface area contributed by atoms with Crippen molar-refractivity contribution in [2.45, 2.75) is 30.1 Å². The van der Waals surface area contributed by atoms with Crippen LogP contribution in [0.15, 0.2) is 41.6 Å². The number of benzene rings is 1. The van der Waals surface area contributed by atoms with E-state index in [0.29, 0.717) is 28.4 Å². The van der Waals surface area contributed by atoms with Gasteiger partial charge in [0.1, 0.15) is 33.2 Å². The Morgan fingerprint density at radius 2 is 2.06 bits per heavy atom. The molecular formula is C20H21N5O4S3. The van der Waals surface area contributed by atoms with Crippen LogP contribution in [0, 0.1) is 6.92 Å². The average molecular weight is 492 g/mol. The van der Waals surface area contributed by atoms with E-state index < -0.39 is 35.2 Å². The molecule has 3 atom stereocenters.